The highest BCUT2D eigenvalue weighted by molar-refractivity contribution is 7.99. The summed E-state index contributed by atoms with van der Waals surface area (Å²) in [6.07, 6.45) is 2.88. The van der Waals surface area contributed by atoms with Crippen LogP contribution in [-0.2, 0) is 4.79 Å². The molecule has 9 heteroatoms. The number of carbonyl (C=O) groups is 1. The minimum atomic E-state index is -0.584. The molecular weight excluding hydrogens is 396 g/mol. The number of hydrogen-bond acceptors (Lipinski definition) is 4. The number of thioether (sulfide) groups is 1. The normalized spacial score (nSPS) is 10.6. The zero-order valence-electron chi connectivity index (χ0n) is 13.7. The first-order valence-electron chi connectivity index (χ1n) is 7.65. The van der Waals surface area contributed by atoms with E-state index in [4.69, 9.17) is 11.6 Å². The van der Waals surface area contributed by atoms with Crippen molar-refractivity contribution in [2.75, 3.05) is 11.1 Å². The fourth-order valence-corrected chi connectivity index (χ4v) is 3.08. The lowest BCUT2D eigenvalue weighted by molar-refractivity contribution is -0.113. The standard InChI is InChI=1S/C18H12ClF2N3O2S/c19-14-9-12(3-6-15(14)21)23-16(25)10-27-17-18(26)24(8-7-22-17)13-4-1-11(20)2-5-13/h1-9H,10H2,(H,23,25). The Morgan fingerprint density at radius 3 is 2.63 bits per heavy atom. The fraction of sp³-hybridized carbons (Fsp3) is 0.0556. The number of halogens is 3. The van der Waals surface area contributed by atoms with Crippen LogP contribution in [0.4, 0.5) is 14.5 Å². The van der Waals surface area contributed by atoms with Crippen LogP contribution >= 0.6 is 23.4 Å². The summed E-state index contributed by atoms with van der Waals surface area (Å²) in [7, 11) is 0. The van der Waals surface area contributed by atoms with Gasteiger partial charge < -0.3 is 5.32 Å². The van der Waals surface area contributed by atoms with Crippen molar-refractivity contribution in [3.63, 3.8) is 0 Å². The molecule has 0 bridgehead atoms. The summed E-state index contributed by atoms with van der Waals surface area (Å²) in [5.74, 6) is -1.47. The van der Waals surface area contributed by atoms with E-state index in [2.05, 4.69) is 10.3 Å². The third-order valence-electron chi connectivity index (χ3n) is 3.46. The highest BCUT2D eigenvalue weighted by Gasteiger charge is 2.11. The maximum atomic E-state index is 13.1. The van der Waals surface area contributed by atoms with E-state index in [1.165, 1.54) is 53.4 Å². The first kappa shape index (κ1) is 19.1. The van der Waals surface area contributed by atoms with E-state index >= 15 is 0 Å². The van der Waals surface area contributed by atoms with Crippen molar-refractivity contribution in [2.45, 2.75) is 5.03 Å². The van der Waals surface area contributed by atoms with Gasteiger partial charge >= 0.3 is 0 Å². The van der Waals surface area contributed by atoms with E-state index in [1.54, 1.807) is 0 Å². The molecule has 27 heavy (non-hydrogen) atoms. The van der Waals surface area contributed by atoms with Crippen LogP contribution in [0.3, 0.4) is 0 Å². The topological polar surface area (TPSA) is 64.0 Å². The number of nitrogens with one attached hydrogen (secondary N) is 1. The molecule has 3 aromatic rings. The van der Waals surface area contributed by atoms with Crippen molar-refractivity contribution in [2.24, 2.45) is 0 Å². The van der Waals surface area contributed by atoms with Crippen LogP contribution in [0, 0.1) is 11.6 Å². The minimum absolute atomic E-state index is 0.0787. The van der Waals surface area contributed by atoms with Crippen molar-refractivity contribution in [3.05, 3.63) is 81.9 Å². The molecule has 1 N–H and O–H groups in total. The Kier molecular flexibility index (Phi) is 5.88. The van der Waals surface area contributed by atoms with Gasteiger partial charge in [-0.2, -0.15) is 0 Å². The molecular formula is C18H12ClF2N3O2S. The van der Waals surface area contributed by atoms with Crippen LogP contribution in [0.1, 0.15) is 0 Å². The van der Waals surface area contributed by atoms with Crippen molar-refractivity contribution >= 4 is 35.0 Å². The largest absolute Gasteiger partial charge is 0.325 e. The van der Waals surface area contributed by atoms with E-state index in [-0.39, 0.29) is 15.8 Å². The van der Waals surface area contributed by atoms with Gasteiger partial charge in [-0.25, -0.2) is 13.8 Å². The Morgan fingerprint density at radius 1 is 1.19 bits per heavy atom. The van der Waals surface area contributed by atoms with E-state index in [1.807, 2.05) is 0 Å². The average molecular weight is 408 g/mol. The second-order valence-corrected chi connectivity index (χ2v) is 6.72. The average Bonchev–Trinajstić information content (AvgIpc) is 2.65. The number of hydrogen-bond donors (Lipinski definition) is 1. The maximum Gasteiger partial charge on any atom is 0.287 e. The van der Waals surface area contributed by atoms with Gasteiger partial charge in [0.15, 0.2) is 5.03 Å². The molecule has 0 unspecified atom stereocenters. The van der Waals surface area contributed by atoms with Crippen LogP contribution in [-0.4, -0.2) is 21.2 Å². The van der Waals surface area contributed by atoms with Gasteiger partial charge in [-0.05, 0) is 42.5 Å². The molecule has 1 amide bonds. The molecule has 138 valence electrons. The highest BCUT2D eigenvalue weighted by atomic mass is 35.5. The molecule has 0 saturated heterocycles. The van der Waals surface area contributed by atoms with Crippen LogP contribution in [0.2, 0.25) is 5.02 Å². The van der Waals surface area contributed by atoms with Gasteiger partial charge in [0.05, 0.1) is 10.8 Å². The molecule has 0 aliphatic carbocycles. The Morgan fingerprint density at radius 2 is 1.93 bits per heavy atom. The van der Waals surface area contributed by atoms with Gasteiger partial charge in [0, 0.05) is 23.8 Å². The minimum Gasteiger partial charge on any atom is -0.325 e. The molecule has 0 fully saturated rings. The second kappa shape index (κ2) is 8.32. The number of aromatic nitrogens is 2. The van der Waals surface area contributed by atoms with Crippen molar-refractivity contribution < 1.29 is 13.6 Å². The molecule has 0 spiro atoms. The second-order valence-electron chi connectivity index (χ2n) is 5.35. The highest BCUT2D eigenvalue weighted by Crippen LogP contribution is 2.20. The molecule has 0 aliphatic rings. The molecule has 5 nitrogen and oxygen atoms in total. The zero-order chi connectivity index (χ0) is 19.4. The number of anilines is 1. The zero-order valence-corrected chi connectivity index (χ0v) is 15.2. The number of carbonyl (C=O) groups excluding carboxylic acids is 1. The van der Waals surface area contributed by atoms with Crippen molar-refractivity contribution in [3.8, 4) is 5.69 Å². The van der Waals surface area contributed by atoms with E-state index in [0.29, 0.717) is 11.4 Å². The van der Waals surface area contributed by atoms with Gasteiger partial charge in [0.2, 0.25) is 5.91 Å². The van der Waals surface area contributed by atoms with Gasteiger partial charge in [-0.15, -0.1) is 0 Å². The number of nitrogens with zero attached hydrogens (tertiary/aromatic N) is 2. The summed E-state index contributed by atoms with van der Waals surface area (Å²) in [6, 6.07) is 9.25. The Hall–Kier alpha value is -2.71. The summed E-state index contributed by atoms with van der Waals surface area (Å²) in [5, 5.41) is 2.58. The maximum absolute atomic E-state index is 13.1. The lowest BCUT2D eigenvalue weighted by Crippen LogP contribution is -2.22. The molecule has 3 rings (SSSR count). The van der Waals surface area contributed by atoms with E-state index in [9.17, 15) is 18.4 Å². The van der Waals surface area contributed by atoms with Crippen molar-refractivity contribution in [1.29, 1.82) is 0 Å². The Bertz CT molecular complexity index is 1040. The molecule has 0 aliphatic heterocycles. The van der Waals surface area contributed by atoms with Crippen molar-refractivity contribution in [1.82, 2.24) is 9.55 Å². The third-order valence-corrected chi connectivity index (χ3v) is 4.71. The molecule has 2 aromatic carbocycles. The summed E-state index contributed by atoms with van der Waals surface area (Å²) in [6.45, 7) is 0. The van der Waals surface area contributed by atoms with Crippen LogP contribution in [0.15, 0.2) is 64.7 Å². The summed E-state index contributed by atoms with van der Waals surface area (Å²) in [4.78, 5) is 28.5. The number of amides is 1. The van der Waals surface area contributed by atoms with E-state index in [0.717, 1.165) is 17.8 Å². The lowest BCUT2D eigenvalue weighted by Gasteiger charge is -2.08. The first-order valence-corrected chi connectivity index (χ1v) is 9.02. The van der Waals surface area contributed by atoms with Gasteiger partial charge in [0.25, 0.3) is 5.56 Å². The van der Waals surface area contributed by atoms with Gasteiger partial charge in [-0.1, -0.05) is 23.4 Å². The third kappa shape index (κ3) is 4.72. The first-order chi connectivity index (χ1) is 12.9. The number of rotatable bonds is 5. The molecule has 0 atom stereocenters. The molecule has 1 aromatic heterocycles. The smallest absolute Gasteiger partial charge is 0.287 e. The Balaban J connectivity index is 1.70. The molecule has 1 heterocycles. The summed E-state index contributed by atoms with van der Waals surface area (Å²) < 4.78 is 27.5. The fourth-order valence-electron chi connectivity index (χ4n) is 2.20. The SMILES string of the molecule is O=C(CSc1nccn(-c2ccc(F)cc2)c1=O)Nc1ccc(F)c(Cl)c1. The van der Waals surface area contributed by atoms with Crippen LogP contribution in [0.25, 0.3) is 5.69 Å². The summed E-state index contributed by atoms with van der Waals surface area (Å²) >= 11 is 6.62. The van der Waals surface area contributed by atoms with Gasteiger partial charge in [-0.3, -0.25) is 14.2 Å². The molecule has 0 saturated carbocycles. The molecule has 0 radical (unpaired) electrons. The van der Waals surface area contributed by atoms with E-state index < -0.39 is 23.1 Å². The van der Waals surface area contributed by atoms with Crippen LogP contribution < -0.4 is 10.9 Å². The van der Waals surface area contributed by atoms with Crippen LogP contribution in [0.5, 0.6) is 0 Å². The monoisotopic (exact) mass is 407 g/mol. The lowest BCUT2D eigenvalue weighted by atomic mass is 10.3. The Labute approximate surface area is 162 Å². The predicted octanol–water partition coefficient (Wildman–Crippen LogP) is 3.89. The van der Waals surface area contributed by atoms with Gasteiger partial charge in [0.1, 0.15) is 11.6 Å². The number of benzene rings is 2. The summed E-state index contributed by atoms with van der Waals surface area (Å²) in [5.41, 5.74) is 0.402. The predicted molar refractivity (Wildman–Crippen MR) is 101 cm³/mol. The quantitative estimate of drug-likeness (QED) is 0.652.